The van der Waals surface area contributed by atoms with Gasteiger partial charge < -0.3 is 9.84 Å². The van der Waals surface area contributed by atoms with Gasteiger partial charge in [-0.15, -0.1) is 0 Å². The van der Waals surface area contributed by atoms with Crippen LogP contribution in [0.25, 0.3) is 0 Å². The molecule has 1 N–H and O–H groups in total. The maximum atomic E-state index is 9.23. The summed E-state index contributed by atoms with van der Waals surface area (Å²) < 4.78 is 5.46. The molecule has 0 saturated carbocycles. The Morgan fingerprint density at radius 1 is 1.44 bits per heavy atom. The van der Waals surface area contributed by atoms with Crippen LogP contribution in [0.5, 0.6) is 0 Å². The molecule has 0 aliphatic carbocycles. The SMILES string of the molecule is OCc1ccc2c(c1Cl)CCN(C1CCOC1)C2. The lowest BCUT2D eigenvalue weighted by Gasteiger charge is -2.33. The Hall–Kier alpha value is -0.610. The highest BCUT2D eigenvalue weighted by molar-refractivity contribution is 6.32. The molecule has 0 aromatic heterocycles. The standard InChI is InChI=1S/C14H18ClNO2/c15-14-11(8-17)2-1-10-7-16(5-3-13(10)14)12-4-6-18-9-12/h1-2,12,17H,3-9H2. The van der Waals surface area contributed by atoms with E-state index in [1.54, 1.807) is 0 Å². The minimum atomic E-state index is 0.0201. The normalized spacial score (nSPS) is 24.2. The molecule has 18 heavy (non-hydrogen) atoms. The quantitative estimate of drug-likeness (QED) is 0.889. The number of halogens is 1. The summed E-state index contributed by atoms with van der Waals surface area (Å²) in [7, 11) is 0. The summed E-state index contributed by atoms with van der Waals surface area (Å²) in [6.45, 7) is 3.76. The van der Waals surface area contributed by atoms with Crippen molar-refractivity contribution in [2.75, 3.05) is 19.8 Å². The van der Waals surface area contributed by atoms with Crippen molar-refractivity contribution >= 4 is 11.6 Å². The van der Waals surface area contributed by atoms with Crippen molar-refractivity contribution in [2.45, 2.75) is 32.0 Å². The largest absolute Gasteiger partial charge is 0.392 e. The van der Waals surface area contributed by atoms with Crippen molar-refractivity contribution in [3.05, 3.63) is 33.8 Å². The number of rotatable bonds is 2. The topological polar surface area (TPSA) is 32.7 Å². The molecule has 0 bridgehead atoms. The smallest absolute Gasteiger partial charge is 0.0696 e. The van der Waals surface area contributed by atoms with Crippen LogP contribution in [0.4, 0.5) is 0 Å². The van der Waals surface area contributed by atoms with Crippen LogP contribution in [0.3, 0.4) is 0 Å². The van der Waals surface area contributed by atoms with Crippen LogP contribution in [0.15, 0.2) is 12.1 Å². The predicted molar refractivity (Wildman–Crippen MR) is 70.7 cm³/mol. The number of ether oxygens (including phenoxy) is 1. The van der Waals surface area contributed by atoms with Crippen molar-refractivity contribution in [1.82, 2.24) is 4.90 Å². The van der Waals surface area contributed by atoms with E-state index in [1.165, 1.54) is 11.1 Å². The first-order valence-electron chi connectivity index (χ1n) is 6.51. The average molecular weight is 268 g/mol. The van der Waals surface area contributed by atoms with E-state index >= 15 is 0 Å². The molecule has 2 aliphatic rings. The summed E-state index contributed by atoms with van der Waals surface area (Å²) >= 11 is 6.33. The number of aliphatic hydroxyl groups excluding tert-OH is 1. The molecule has 0 amide bonds. The number of benzene rings is 1. The average Bonchev–Trinajstić information content (AvgIpc) is 2.93. The van der Waals surface area contributed by atoms with Crippen LogP contribution in [0.1, 0.15) is 23.1 Å². The first-order valence-corrected chi connectivity index (χ1v) is 6.89. The Kier molecular flexibility index (Phi) is 3.57. The van der Waals surface area contributed by atoms with Gasteiger partial charge in [0, 0.05) is 30.8 Å². The molecule has 1 unspecified atom stereocenters. The van der Waals surface area contributed by atoms with Gasteiger partial charge in [0.25, 0.3) is 0 Å². The van der Waals surface area contributed by atoms with Crippen LogP contribution in [0.2, 0.25) is 5.02 Å². The summed E-state index contributed by atoms with van der Waals surface area (Å²) in [4.78, 5) is 2.49. The summed E-state index contributed by atoms with van der Waals surface area (Å²) in [5.74, 6) is 0. The zero-order valence-corrected chi connectivity index (χ0v) is 11.1. The van der Waals surface area contributed by atoms with Gasteiger partial charge in [-0.25, -0.2) is 0 Å². The zero-order chi connectivity index (χ0) is 12.5. The second-order valence-corrected chi connectivity index (χ2v) is 5.45. The molecule has 1 fully saturated rings. The number of aliphatic hydroxyl groups is 1. The third-order valence-electron chi connectivity index (χ3n) is 4.04. The van der Waals surface area contributed by atoms with Crippen LogP contribution in [-0.4, -0.2) is 35.8 Å². The monoisotopic (exact) mass is 267 g/mol. The van der Waals surface area contributed by atoms with E-state index in [4.69, 9.17) is 16.3 Å². The van der Waals surface area contributed by atoms with Crippen molar-refractivity contribution in [3.63, 3.8) is 0 Å². The van der Waals surface area contributed by atoms with Gasteiger partial charge in [0.05, 0.1) is 13.2 Å². The van der Waals surface area contributed by atoms with E-state index < -0.39 is 0 Å². The summed E-state index contributed by atoms with van der Waals surface area (Å²) in [5, 5.41) is 9.99. The van der Waals surface area contributed by atoms with E-state index in [9.17, 15) is 5.11 Å². The van der Waals surface area contributed by atoms with Crippen LogP contribution >= 0.6 is 11.6 Å². The first kappa shape index (κ1) is 12.4. The van der Waals surface area contributed by atoms with Gasteiger partial charge in [-0.05, 0) is 29.5 Å². The predicted octanol–water partition coefficient (Wildman–Crippen LogP) is 1.98. The van der Waals surface area contributed by atoms with E-state index in [-0.39, 0.29) is 6.61 Å². The van der Waals surface area contributed by atoms with Crippen LogP contribution in [0, 0.1) is 0 Å². The zero-order valence-electron chi connectivity index (χ0n) is 10.4. The Bertz CT molecular complexity index is 444. The summed E-state index contributed by atoms with van der Waals surface area (Å²) in [6.07, 6.45) is 2.11. The molecule has 1 saturated heterocycles. The highest BCUT2D eigenvalue weighted by atomic mass is 35.5. The van der Waals surface area contributed by atoms with Crippen LogP contribution < -0.4 is 0 Å². The van der Waals surface area contributed by atoms with Crippen molar-refractivity contribution in [3.8, 4) is 0 Å². The summed E-state index contributed by atoms with van der Waals surface area (Å²) in [6, 6.07) is 4.61. The highest BCUT2D eigenvalue weighted by Crippen LogP contribution is 2.31. The molecular weight excluding hydrogens is 250 g/mol. The second-order valence-electron chi connectivity index (χ2n) is 5.07. The fourth-order valence-corrected chi connectivity index (χ4v) is 3.26. The Morgan fingerprint density at radius 3 is 3.06 bits per heavy atom. The minimum Gasteiger partial charge on any atom is -0.392 e. The molecule has 0 radical (unpaired) electrons. The number of hydrogen-bond acceptors (Lipinski definition) is 3. The number of hydrogen-bond donors (Lipinski definition) is 1. The number of fused-ring (bicyclic) bond motifs is 1. The van der Waals surface area contributed by atoms with Crippen molar-refractivity contribution < 1.29 is 9.84 Å². The van der Waals surface area contributed by atoms with Gasteiger partial charge in [-0.2, -0.15) is 0 Å². The molecule has 3 rings (SSSR count). The molecular formula is C14H18ClNO2. The molecule has 2 heterocycles. The van der Waals surface area contributed by atoms with Gasteiger partial charge in [0.2, 0.25) is 0 Å². The molecule has 1 aromatic rings. The van der Waals surface area contributed by atoms with Gasteiger partial charge >= 0.3 is 0 Å². The Balaban J connectivity index is 1.83. The van der Waals surface area contributed by atoms with E-state index in [1.807, 2.05) is 6.07 Å². The molecule has 1 aromatic carbocycles. The highest BCUT2D eigenvalue weighted by Gasteiger charge is 2.27. The van der Waals surface area contributed by atoms with E-state index in [2.05, 4.69) is 11.0 Å². The summed E-state index contributed by atoms with van der Waals surface area (Å²) in [5.41, 5.74) is 3.36. The molecule has 3 nitrogen and oxygen atoms in total. The maximum Gasteiger partial charge on any atom is 0.0696 e. The third kappa shape index (κ3) is 2.16. The lowest BCUT2D eigenvalue weighted by Crippen LogP contribution is -2.39. The van der Waals surface area contributed by atoms with Gasteiger partial charge in [-0.1, -0.05) is 23.7 Å². The molecule has 98 valence electrons. The van der Waals surface area contributed by atoms with Gasteiger partial charge in [0.15, 0.2) is 0 Å². The molecule has 4 heteroatoms. The Morgan fingerprint density at radius 2 is 2.33 bits per heavy atom. The van der Waals surface area contributed by atoms with Crippen molar-refractivity contribution in [1.29, 1.82) is 0 Å². The lowest BCUT2D eigenvalue weighted by molar-refractivity contribution is 0.135. The number of nitrogens with zero attached hydrogens (tertiary/aromatic N) is 1. The van der Waals surface area contributed by atoms with Crippen molar-refractivity contribution in [2.24, 2.45) is 0 Å². The maximum absolute atomic E-state index is 9.23. The van der Waals surface area contributed by atoms with Crippen LogP contribution in [-0.2, 0) is 24.3 Å². The fourth-order valence-electron chi connectivity index (χ4n) is 2.93. The molecule has 2 aliphatic heterocycles. The minimum absolute atomic E-state index is 0.0201. The molecule has 1 atom stereocenters. The van der Waals surface area contributed by atoms with E-state index in [0.29, 0.717) is 6.04 Å². The second kappa shape index (κ2) is 5.17. The fraction of sp³-hybridized carbons (Fsp3) is 0.571. The third-order valence-corrected chi connectivity index (χ3v) is 4.51. The van der Waals surface area contributed by atoms with E-state index in [0.717, 1.165) is 49.7 Å². The first-order chi connectivity index (χ1) is 8.79. The van der Waals surface area contributed by atoms with Gasteiger partial charge in [0.1, 0.15) is 0 Å². The Labute approximate surface area is 112 Å². The molecule has 0 spiro atoms. The lowest BCUT2D eigenvalue weighted by atomic mass is 9.96. The van der Waals surface area contributed by atoms with Gasteiger partial charge in [-0.3, -0.25) is 4.90 Å².